The monoisotopic (exact) mass is 223 g/mol. The Balaban J connectivity index is 2.03. The predicted molar refractivity (Wildman–Crippen MR) is 70.6 cm³/mol. The van der Waals surface area contributed by atoms with E-state index in [1.807, 2.05) is 0 Å². The Kier molecular flexibility index (Phi) is 4.69. The number of hydrogen-bond acceptors (Lipinski definition) is 1. The quantitative estimate of drug-likeness (QED) is 0.679. The number of rotatable bonds is 5. The maximum absolute atomic E-state index is 2.77. The van der Waals surface area contributed by atoms with Gasteiger partial charge in [-0.15, -0.1) is 0 Å². The molecule has 94 valence electrons. The molecule has 0 amide bonds. The van der Waals surface area contributed by atoms with E-state index in [1.165, 1.54) is 64.5 Å². The van der Waals surface area contributed by atoms with Gasteiger partial charge in [0.1, 0.15) is 0 Å². The van der Waals surface area contributed by atoms with Gasteiger partial charge in [0.25, 0.3) is 0 Å². The molecule has 0 unspecified atom stereocenters. The van der Waals surface area contributed by atoms with Gasteiger partial charge in [0.2, 0.25) is 0 Å². The third kappa shape index (κ3) is 2.61. The van der Waals surface area contributed by atoms with Crippen LogP contribution < -0.4 is 0 Å². The van der Waals surface area contributed by atoms with E-state index >= 15 is 0 Å². The van der Waals surface area contributed by atoms with Crippen molar-refractivity contribution >= 4 is 0 Å². The first-order valence-corrected chi connectivity index (χ1v) is 7.60. The molecule has 2 aliphatic rings. The van der Waals surface area contributed by atoms with Gasteiger partial charge in [-0.2, -0.15) is 0 Å². The summed E-state index contributed by atoms with van der Waals surface area (Å²) in [5.41, 5.74) is 0. The summed E-state index contributed by atoms with van der Waals surface area (Å²) in [6.45, 7) is 7.21. The molecule has 0 spiro atoms. The molecule has 1 heteroatoms. The van der Waals surface area contributed by atoms with Crippen LogP contribution in [0.25, 0.3) is 0 Å². The molecule has 0 aromatic heterocycles. The topological polar surface area (TPSA) is 3.24 Å². The van der Waals surface area contributed by atoms with Gasteiger partial charge in [-0.1, -0.05) is 39.5 Å². The van der Waals surface area contributed by atoms with Crippen LogP contribution in [0.5, 0.6) is 0 Å². The van der Waals surface area contributed by atoms with Crippen molar-refractivity contribution in [2.75, 3.05) is 13.1 Å². The van der Waals surface area contributed by atoms with Crippen molar-refractivity contribution < 1.29 is 0 Å². The zero-order valence-electron chi connectivity index (χ0n) is 11.3. The van der Waals surface area contributed by atoms with E-state index in [0.29, 0.717) is 0 Å². The molecule has 2 aliphatic carbocycles. The van der Waals surface area contributed by atoms with Gasteiger partial charge in [0.15, 0.2) is 0 Å². The molecule has 0 radical (unpaired) electrons. The Hall–Kier alpha value is -0.0400. The molecule has 0 aromatic rings. The van der Waals surface area contributed by atoms with E-state index in [1.54, 1.807) is 0 Å². The van der Waals surface area contributed by atoms with Crippen molar-refractivity contribution in [2.24, 2.45) is 11.8 Å². The molecule has 0 bridgehead atoms. The molecule has 2 fully saturated rings. The lowest BCUT2D eigenvalue weighted by Gasteiger charge is -2.38. The largest absolute Gasteiger partial charge is 0.300 e. The molecule has 0 aromatic carbocycles. The third-order valence-electron chi connectivity index (χ3n) is 5.00. The molecule has 16 heavy (non-hydrogen) atoms. The first-order chi connectivity index (χ1) is 7.86. The fourth-order valence-electron chi connectivity index (χ4n) is 4.22. The molecule has 2 saturated carbocycles. The highest BCUT2D eigenvalue weighted by molar-refractivity contribution is 4.89. The highest BCUT2D eigenvalue weighted by atomic mass is 15.2. The summed E-state index contributed by atoms with van der Waals surface area (Å²) >= 11 is 0. The minimum absolute atomic E-state index is 0.931. The lowest BCUT2D eigenvalue weighted by molar-refractivity contribution is 0.102. The average molecular weight is 223 g/mol. The maximum Gasteiger partial charge on any atom is 0.0151 e. The van der Waals surface area contributed by atoms with E-state index < -0.39 is 0 Å². The van der Waals surface area contributed by atoms with Crippen LogP contribution in [0.2, 0.25) is 0 Å². The SMILES string of the molecule is CCN(CC)C(C1CCCC1)C1CCCC1. The van der Waals surface area contributed by atoms with E-state index in [4.69, 9.17) is 0 Å². The first-order valence-electron chi connectivity index (χ1n) is 7.60. The van der Waals surface area contributed by atoms with Crippen molar-refractivity contribution in [3.05, 3.63) is 0 Å². The van der Waals surface area contributed by atoms with Gasteiger partial charge < -0.3 is 4.90 Å². The van der Waals surface area contributed by atoms with Gasteiger partial charge >= 0.3 is 0 Å². The van der Waals surface area contributed by atoms with Crippen LogP contribution in [0.3, 0.4) is 0 Å². The highest BCUT2D eigenvalue weighted by Crippen LogP contribution is 2.39. The van der Waals surface area contributed by atoms with Crippen molar-refractivity contribution in [3.63, 3.8) is 0 Å². The minimum Gasteiger partial charge on any atom is -0.300 e. The fourth-order valence-corrected chi connectivity index (χ4v) is 4.22. The van der Waals surface area contributed by atoms with Gasteiger partial charge in [-0.3, -0.25) is 0 Å². The van der Waals surface area contributed by atoms with Crippen LogP contribution in [0.1, 0.15) is 65.2 Å². The second-order valence-electron chi connectivity index (χ2n) is 5.80. The fraction of sp³-hybridized carbons (Fsp3) is 1.00. The first kappa shape index (κ1) is 12.4. The molecule has 1 nitrogen and oxygen atoms in total. The van der Waals surface area contributed by atoms with Gasteiger partial charge in [0, 0.05) is 6.04 Å². The Morgan fingerprint density at radius 2 is 1.19 bits per heavy atom. The standard InChI is InChI=1S/C15H29N/c1-3-16(4-2)15(13-9-5-6-10-13)14-11-7-8-12-14/h13-15H,3-12H2,1-2H3. The van der Waals surface area contributed by atoms with E-state index in [2.05, 4.69) is 18.7 Å². The zero-order chi connectivity index (χ0) is 11.4. The van der Waals surface area contributed by atoms with Crippen LogP contribution >= 0.6 is 0 Å². The molecule has 0 aliphatic heterocycles. The maximum atomic E-state index is 2.77. The van der Waals surface area contributed by atoms with Crippen LogP contribution in [0, 0.1) is 11.8 Å². The van der Waals surface area contributed by atoms with Crippen LogP contribution in [0.15, 0.2) is 0 Å². The average Bonchev–Trinajstić information content (AvgIpc) is 2.98. The Bertz CT molecular complexity index is 167. The third-order valence-corrected chi connectivity index (χ3v) is 5.00. The molecular formula is C15H29N. The summed E-state index contributed by atoms with van der Waals surface area (Å²) in [4.78, 5) is 2.77. The van der Waals surface area contributed by atoms with Gasteiger partial charge in [-0.25, -0.2) is 0 Å². The van der Waals surface area contributed by atoms with Crippen LogP contribution in [-0.2, 0) is 0 Å². The molecule has 2 rings (SSSR count). The molecule has 0 heterocycles. The number of nitrogens with zero attached hydrogens (tertiary/aromatic N) is 1. The summed E-state index contributed by atoms with van der Waals surface area (Å²) in [7, 11) is 0. The van der Waals surface area contributed by atoms with E-state index in [-0.39, 0.29) is 0 Å². The minimum atomic E-state index is 0.931. The summed E-state index contributed by atoms with van der Waals surface area (Å²) in [6, 6.07) is 0.931. The normalized spacial score (nSPS) is 24.0. The molecule has 0 atom stereocenters. The van der Waals surface area contributed by atoms with Crippen molar-refractivity contribution in [1.29, 1.82) is 0 Å². The van der Waals surface area contributed by atoms with Gasteiger partial charge in [-0.05, 0) is 50.6 Å². The Morgan fingerprint density at radius 1 is 0.812 bits per heavy atom. The smallest absolute Gasteiger partial charge is 0.0151 e. The Labute approximate surface area is 102 Å². The summed E-state index contributed by atoms with van der Waals surface area (Å²) in [6.07, 6.45) is 12.0. The van der Waals surface area contributed by atoms with E-state index in [0.717, 1.165) is 17.9 Å². The van der Waals surface area contributed by atoms with Gasteiger partial charge in [0.05, 0.1) is 0 Å². The number of hydrogen-bond donors (Lipinski definition) is 0. The molecule has 0 N–H and O–H groups in total. The van der Waals surface area contributed by atoms with Crippen molar-refractivity contribution in [2.45, 2.75) is 71.3 Å². The lowest BCUT2D eigenvalue weighted by Crippen LogP contribution is -2.44. The van der Waals surface area contributed by atoms with Crippen molar-refractivity contribution in [1.82, 2.24) is 4.90 Å². The van der Waals surface area contributed by atoms with E-state index in [9.17, 15) is 0 Å². The second kappa shape index (κ2) is 6.05. The molecular weight excluding hydrogens is 194 g/mol. The highest BCUT2D eigenvalue weighted by Gasteiger charge is 2.35. The summed E-state index contributed by atoms with van der Waals surface area (Å²) in [5, 5.41) is 0. The van der Waals surface area contributed by atoms with Crippen LogP contribution in [-0.4, -0.2) is 24.0 Å². The lowest BCUT2D eigenvalue weighted by atomic mass is 9.84. The summed E-state index contributed by atoms with van der Waals surface area (Å²) in [5.74, 6) is 2.06. The second-order valence-corrected chi connectivity index (χ2v) is 5.80. The van der Waals surface area contributed by atoms with Crippen molar-refractivity contribution in [3.8, 4) is 0 Å². The molecule has 0 saturated heterocycles. The predicted octanol–water partition coefficient (Wildman–Crippen LogP) is 4.08. The Morgan fingerprint density at radius 3 is 1.50 bits per heavy atom. The zero-order valence-corrected chi connectivity index (χ0v) is 11.3. The summed E-state index contributed by atoms with van der Waals surface area (Å²) < 4.78 is 0. The van der Waals surface area contributed by atoms with Crippen LogP contribution in [0.4, 0.5) is 0 Å².